The average Bonchev–Trinajstić information content (AvgIpc) is 2.29. The molecule has 0 radical (unpaired) electrons. The van der Waals surface area contributed by atoms with Gasteiger partial charge in [0.05, 0.1) is 11.1 Å². The molecule has 1 unspecified atom stereocenters. The van der Waals surface area contributed by atoms with Gasteiger partial charge >= 0.3 is 0 Å². The van der Waals surface area contributed by atoms with Gasteiger partial charge < -0.3 is 5.11 Å². The van der Waals surface area contributed by atoms with Crippen LogP contribution in [-0.2, 0) is 10.0 Å². The van der Waals surface area contributed by atoms with Crippen LogP contribution in [-0.4, -0.2) is 26.2 Å². The van der Waals surface area contributed by atoms with Gasteiger partial charge in [-0.15, -0.1) is 0 Å². The highest BCUT2D eigenvalue weighted by Crippen LogP contribution is 2.24. The predicted molar refractivity (Wildman–Crippen MR) is 72.2 cm³/mol. The third-order valence-corrected chi connectivity index (χ3v) is 4.78. The first-order chi connectivity index (χ1) is 8.25. The molecule has 0 heterocycles. The number of sulfonamides is 1. The van der Waals surface area contributed by atoms with E-state index in [1.165, 1.54) is 6.07 Å². The molecule has 102 valence electrons. The number of hydrogen-bond acceptors (Lipinski definition) is 3. The molecule has 1 atom stereocenters. The van der Waals surface area contributed by atoms with Crippen molar-refractivity contribution in [1.82, 2.24) is 4.72 Å². The molecular weight excluding hydrogens is 274 g/mol. The molecule has 2 N–H and O–H groups in total. The van der Waals surface area contributed by atoms with Crippen LogP contribution in [0.3, 0.4) is 0 Å². The zero-order valence-electron chi connectivity index (χ0n) is 10.6. The van der Waals surface area contributed by atoms with Crippen LogP contribution in [0.4, 0.5) is 0 Å². The summed E-state index contributed by atoms with van der Waals surface area (Å²) in [6.07, 6.45) is -0.719. The van der Waals surface area contributed by atoms with Crippen molar-refractivity contribution in [2.75, 3.05) is 6.54 Å². The van der Waals surface area contributed by atoms with Gasteiger partial charge in [-0.3, -0.25) is 0 Å². The molecule has 1 rings (SSSR count). The predicted octanol–water partition coefficient (Wildman–Crippen LogP) is 1.94. The number of halogens is 1. The van der Waals surface area contributed by atoms with Gasteiger partial charge in [-0.1, -0.05) is 37.6 Å². The number of hydrogen-bond donors (Lipinski definition) is 2. The average molecular weight is 292 g/mol. The first-order valence-corrected chi connectivity index (χ1v) is 7.54. The first kappa shape index (κ1) is 15.4. The Hall–Kier alpha value is -0.620. The molecule has 0 aromatic heterocycles. The van der Waals surface area contributed by atoms with E-state index < -0.39 is 16.1 Å². The minimum Gasteiger partial charge on any atom is -0.391 e. The third kappa shape index (κ3) is 3.68. The Morgan fingerprint density at radius 2 is 2.00 bits per heavy atom. The van der Waals surface area contributed by atoms with Crippen LogP contribution in [0.15, 0.2) is 23.1 Å². The van der Waals surface area contributed by atoms with Crippen molar-refractivity contribution >= 4 is 21.6 Å². The molecule has 6 heteroatoms. The summed E-state index contributed by atoms with van der Waals surface area (Å²) in [5, 5.41) is 9.81. The van der Waals surface area contributed by atoms with Crippen LogP contribution in [0.1, 0.15) is 19.4 Å². The van der Waals surface area contributed by atoms with E-state index in [0.29, 0.717) is 5.56 Å². The third-order valence-electron chi connectivity index (χ3n) is 2.70. The Bertz CT molecular complexity index is 514. The minimum absolute atomic E-state index is 0.0133. The van der Waals surface area contributed by atoms with Crippen molar-refractivity contribution in [1.29, 1.82) is 0 Å². The van der Waals surface area contributed by atoms with Crippen molar-refractivity contribution in [2.24, 2.45) is 5.92 Å². The molecule has 4 nitrogen and oxygen atoms in total. The highest BCUT2D eigenvalue weighted by atomic mass is 35.5. The maximum atomic E-state index is 12.0. The SMILES string of the molecule is Cc1cccc(S(=O)(=O)NCC(O)C(C)C)c1Cl. The van der Waals surface area contributed by atoms with E-state index in [9.17, 15) is 13.5 Å². The zero-order valence-corrected chi connectivity index (χ0v) is 12.2. The van der Waals surface area contributed by atoms with Gasteiger partial charge in [0.25, 0.3) is 0 Å². The van der Waals surface area contributed by atoms with Crippen LogP contribution in [0.25, 0.3) is 0 Å². The molecule has 1 aromatic carbocycles. The normalized spacial score (nSPS) is 13.9. The lowest BCUT2D eigenvalue weighted by molar-refractivity contribution is 0.129. The molecule has 0 spiro atoms. The van der Waals surface area contributed by atoms with Crippen molar-refractivity contribution in [3.63, 3.8) is 0 Å². The summed E-state index contributed by atoms with van der Waals surface area (Å²) in [4.78, 5) is 0.0418. The van der Waals surface area contributed by atoms with Gasteiger partial charge in [0, 0.05) is 6.54 Å². The molecule has 0 fully saturated rings. The van der Waals surface area contributed by atoms with Crippen molar-refractivity contribution in [2.45, 2.75) is 31.8 Å². The summed E-state index contributed by atoms with van der Waals surface area (Å²) < 4.78 is 26.4. The number of rotatable bonds is 5. The van der Waals surface area contributed by atoms with Gasteiger partial charge in [0.1, 0.15) is 4.90 Å². The second kappa shape index (κ2) is 6.02. The van der Waals surface area contributed by atoms with Crippen molar-refractivity contribution in [3.8, 4) is 0 Å². The molecule has 0 saturated heterocycles. The smallest absolute Gasteiger partial charge is 0.242 e. The maximum absolute atomic E-state index is 12.0. The minimum atomic E-state index is -3.68. The van der Waals surface area contributed by atoms with Crippen LogP contribution >= 0.6 is 11.6 Å². The highest BCUT2D eigenvalue weighted by molar-refractivity contribution is 7.89. The van der Waals surface area contributed by atoms with E-state index in [2.05, 4.69) is 4.72 Å². The first-order valence-electron chi connectivity index (χ1n) is 5.68. The monoisotopic (exact) mass is 291 g/mol. The molecule has 18 heavy (non-hydrogen) atoms. The van der Waals surface area contributed by atoms with Crippen molar-refractivity contribution in [3.05, 3.63) is 28.8 Å². The molecule has 0 aliphatic carbocycles. The van der Waals surface area contributed by atoms with Crippen LogP contribution in [0, 0.1) is 12.8 Å². The topological polar surface area (TPSA) is 66.4 Å². The quantitative estimate of drug-likeness (QED) is 0.871. The highest BCUT2D eigenvalue weighted by Gasteiger charge is 2.20. The molecule has 0 aliphatic rings. The fourth-order valence-electron chi connectivity index (χ4n) is 1.34. The molecule has 0 aliphatic heterocycles. The fourth-order valence-corrected chi connectivity index (χ4v) is 2.97. The lowest BCUT2D eigenvalue weighted by Crippen LogP contribution is -2.34. The Balaban J connectivity index is 2.91. The number of nitrogens with one attached hydrogen (secondary N) is 1. The number of benzene rings is 1. The summed E-state index contributed by atoms with van der Waals surface area (Å²) in [6.45, 7) is 5.35. The van der Waals surface area contributed by atoms with Gasteiger partial charge in [-0.05, 0) is 24.5 Å². The van der Waals surface area contributed by atoms with Crippen LogP contribution < -0.4 is 4.72 Å². The standard InChI is InChI=1S/C12H18ClNO3S/c1-8(2)10(15)7-14-18(16,17)11-6-4-5-9(3)12(11)13/h4-6,8,10,14-15H,7H2,1-3H3. The van der Waals surface area contributed by atoms with E-state index >= 15 is 0 Å². The summed E-state index contributed by atoms with van der Waals surface area (Å²) in [7, 11) is -3.68. The Labute approximate surface area is 113 Å². The van der Waals surface area contributed by atoms with Gasteiger partial charge in [0.15, 0.2) is 0 Å². The Kier molecular flexibility index (Phi) is 5.16. The largest absolute Gasteiger partial charge is 0.391 e. The summed E-state index contributed by atoms with van der Waals surface area (Å²) >= 11 is 5.97. The summed E-state index contributed by atoms with van der Waals surface area (Å²) in [6, 6.07) is 4.82. The van der Waals surface area contributed by atoms with E-state index in [-0.39, 0.29) is 22.4 Å². The van der Waals surface area contributed by atoms with Gasteiger partial charge in [-0.25, -0.2) is 13.1 Å². The molecule has 0 amide bonds. The lowest BCUT2D eigenvalue weighted by atomic mass is 10.1. The number of aliphatic hydroxyl groups excluding tert-OH is 1. The second-order valence-corrected chi connectivity index (χ2v) is 6.66. The van der Waals surface area contributed by atoms with Crippen LogP contribution in [0.5, 0.6) is 0 Å². The van der Waals surface area contributed by atoms with E-state index in [4.69, 9.17) is 11.6 Å². The number of aliphatic hydroxyl groups is 1. The van der Waals surface area contributed by atoms with E-state index in [0.717, 1.165) is 0 Å². The molecule has 0 saturated carbocycles. The summed E-state index contributed by atoms with van der Waals surface area (Å²) in [5.41, 5.74) is 0.698. The molecular formula is C12H18ClNO3S. The molecule has 0 bridgehead atoms. The Morgan fingerprint density at radius 1 is 1.39 bits per heavy atom. The lowest BCUT2D eigenvalue weighted by Gasteiger charge is -2.16. The zero-order chi connectivity index (χ0) is 13.9. The molecule has 1 aromatic rings. The second-order valence-electron chi connectivity index (χ2n) is 4.55. The van der Waals surface area contributed by atoms with E-state index in [1.807, 2.05) is 13.8 Å². The van der Waals surface area contributed by atoms with Gasteiger partial charge in [-0.2, -0.15) is 0 Å². The maximum Gasteiger partial charge on any atom is 0.242 e. The fraction of sp³-hybridized carbons (Fsp3) is 0.500. The van der Waals surface area contributed by atoms with Crippen LogP contribution in [0.2, 0.25) is 5.02 Å². The van der Waals surface area contributed by atoms with E-state index in [1.54, 1.807) is 19.1 Å². The van der Waals surface area contributed by atoms with Crippen molar-refractivity contribution < 1.29 is 13.5 Å². The summed E-state index contributed by atoms with van der Waals surface area (Å²) in [5.74, 6) is -0.0133. The number of aryl methyl sites for hydroxylation is 1. The van der Waals surface area contributed by atoms with Gasteiger partial charge in [0.2, 0.25) is 10.0 Å². The Morgan fingerprint density at radius 3 is 2.56 bits per heavy atom.